The molecule has 0 spiro atoms. The standard InChI is InChI=1S/C18H27N3/c1-12(2)18-19-7-13(8-20-18)9-21-10-16-14-3-4-15(6-5-14)17(16)11-21/h7-8,12,14-17H,3-6,9-11H2,1-2H3/t14?,15?,16-,17+. The maximum Gasteiger partial charge on any atom is 0.130 e. The summed E-state index contributed by atoms with van der Waals surface area (Å²) in [6, 6.07) is 0. The topological polar surface area (TPSA) is 29.0 Å². The predicted octanol–water partition coefficient (Wildman–Crippen LogP) is 3.47. The Hall–Kier alpha value is -0.960. The number of hydrogen-bond donors (Lipinski definition) is 0. The van der Waals surface area contributed by atoms with Crippen LogP contribution in [0.2, 0.25) is 0 Å². The number of aromatic nitrogens is 2. The van der Waals surface area contributed by atoms with Crippen molar-refractivity contribution in [1.29, 1.82) is 0 Å². The summed E-state index contributed by atoms with van der Waals surface area (Å²) in [7, 11) is 0. The zero-order valence-corrected chi connectivity index (χ0v) is 13.3. The van der Waals surface area contributed by atoms with Crippen LogP contribution in [0.5, 0.6) is 0 Å². The van der Waals surface area contributed by atoms with Gasteiger partial charge in [-0.25, -0.2) is 9.97 Å². The number of rotatable bonds is 3. The van der Waals surface area contributed by atoms with Crippen LogP contribution in [-0.2, 0) is 6.54 Å². The maximum absolute atomic E-state index is 4.52. The van der Waals surface area contributed by atoms with Gasteiger partial charge in [-0.2, -0.15) is 0 Å². The molecule has 5 rings (SSSR count). The summed E-state index contributed by atoms with van der Waals surface area (Å²) in [5, 5.41) is 0. The van der Waals surface area contributed by atoms with Gasteiger partial charge in [-0.05, 0) is 49.4 Å². The third-order valence-electron chi connectivity index (χ3n) is 6.16. The molecule has 3 nitrogen and oxygen atoms in total. The Kier molecular flexibility index (Phi) is 3.49. The highest BCUT2D eigenvalue weighted by molar-refractivity contribution is 5.08. The van der Waals surface area contributed by atoms with E-state index < -0.39 is 0 Å². The van der Waals surface area contributed by atoms with Gasteiger partial charge >= 0.3 is 0 Å². The highest BCUT2D eigenvalue weighted by Crippen LogP contribution is 2.51. The Labute approximate surface area is 128 Å². The molecule has 1 saturated heterocycles. The highest BCUT2D eigenvalue weighted by Gasteiger charge is 2.47. The van der Waals surface area contributed by atoms with Crippen LogP contribution in [0.4, 0.5) is 0 Å². The lowest BCUT2D eigenvalue weighted by Crippen LogP contribution is -2.38. The summed E-state index contributed by atoms with van der Waals surface area (Å²) in [5.41, 5.74) is 1.28. The fraction of sp³-hybridized carbons (Fsp3) is 0.778. The fourth-order valence-corrected chi connectivity index (χ4v) is 5.07. The van der Waals surface area contributed by atoms with E-state index in [1.54, 1.807) is 0 Å². The van der Waals surface area contributed by atoms with Crippen molar-refractivity contribution in [2.24, 2.45) is 23.7 Å². The van der Waals surface area contributed by atoms with Gasteiger partial charge in [-0.1, -0.05) is 13.8 Å². The van der Waals surface area contributed by atoms with Gasteiger partial charge in [-0.15, -0.1) is 0 Å². The van der Waals surface area contributed by atoms with Crippen molar-refractivity contribution in [1.82, 2.24) is 14.9 Å². The number of likely N-dealkylation sites (tertiary alicyclic amines) is 1. The molecule has 0 radical (unpaired) electrons. The molecule has 1 aliphatic heterocycles. The lowest BCUT2D eigenvalue weighted by atomic mass is 9.60. The first-order valence-electron chi connectivity index (χ1n) is 8.74. The second-order valence-corrected chi connectivity index (χ2v) is 7.80. The van der Waals surface area contributed by atoms with Crippen LogP contribution >= 0.6 is 0 Å². The fourth-order valence-electron chi connectivity index (χ4n) is 5.07. The molecule has 3 saturated carbocycles. The smallest absolute Gasteiger partial charge is 0.130 e. The molecule has 4 fully saturated rings. The van der Waals surface area contributed by atoms with Crippen molar-refractivity contribution in [3.05, 3.63) is 23.8 Å². The van der Waals surface area contributed by atoms with Crippen LogP contribution in [0.1, 0.15) is 56.8 Å². The molecule has 0 amide bonds. The molecule has 2 bridgehead atoms. The summed E-state index contributed by atoms with van der Waals surface area (Å²) in [4.78, 5) is 11.7. The first kappa shape index (κ1) is 13.7. The van der Waals surface area contributed by atoms with Crippen molar-refractivity contribution in [2.75, 3.05) is 13.1 Å². The Morgan fingerprint density at radius 3 is 2.00 bits per heavy atom. The van der Waals surface area contributed by atoms with E-state index in [2.05, 4.69) is 28.7 Å². The minimum atomic E-state index is 0.421. The first-order chi connectivity index (χ1) is 10.2. The van der Waals surface area contributed by atoms with Crippen molar-refractivity contribution in [2.45, 2.75) is 52.0 Å². The molecule has 1 aromatic rings. The Bertz CT molecular complexity index is 468. The van der Waals surface area contributed by atoms with E-state index in [0.717, 1.165) is 36.0 Å². The zero-order chi connectivity index (χ0) is 14.4. The van der Waals surface area contributed by atoms with Crippen molar-refractivity contribution in [3.8, 4) is 0 Å². The van der Waals surface area contributed by atoms with E-state index in [0.29, 0.717) is 5.92 Å². The monoisotopic (exact) mass is 285 g/mol. The highest BCUT2D eigenvalue weighted by atomic mass is 15.2. The minimum absolute atomic E-state index is 0.421. The van der Waals surface area contributed by atoms with E-state index in [-0.39, 0.29) is 0 Å². The SMILES string of the molecule is CC(C)c1ncc(CN2C[C@@H]3C4CCC(CC4)[C@@H]3C2)cn1. The molecule has 114 valence electrons. The molecule has 0 N–H and O–H groups in total. The summed E-state index contributed by atoms with van der Waals surface area (Å²) < 4.78 is 0. The number of hydrogen-bond acceptors (Lipinski definition) is 3. The molecule has 3 heteroatoms. The average molecular weight is 285 g/mol. The molecule has 0 unspecified atom stereocenters. The normalized spacial score (nSPS) is 35.4. The summed E-state index contributed by atoms with van der Waals surface area (Å²) in [5.74, 6) is 5.44. The second kappa shape index (κ2) is 5.35. The van der Waals surface area contributed by atoms with Crippen LogP contribution in [0, 0.1) is 23.7 Å². The first-order valence-corrected chi connectivity index (χ1v) is 8.74. The average Bonchev–Trinajstić information content (AvgIpc) is 2.94. The zero-order valence-electron chi connectivity index (χ0n) is 13.3. The van der Waals surface area contributed by atoms with Crippen LogP contribution in [0.25, 0.3) is 0 Å². The molecule has 2 atom stereocenters. The molecule has 2 heterocycles. The lowest BCUT2D eigenvalue weighted by molar-refractivity contribution is 0.0577. The van der Waals surface area contributed by atoms with E-state index in [1.807, 2.05) is 12.4 Å². The lowest BCUT2D eigenvalue weighted by Gasteiger charge is -2.45. The maximum atomic E-state index is 4.52. The van der Waals surface area contributed by atoms with Crippen LogP contribution in [-0.4, -0.2) is 28.0 Å². The molecular weight excluding hydrogens is 258 g/mol. The predicted molar refractivity (Wildman–Crippen MR) is 83.8 cm³/mol. The largest absolute Gasteiger partial charge is 0.298 e. The van der Waals surface area contributed by atoms with Crippen LogP contribution in [0.15, 0.2) is 12.4 Å². The van der Waals surface area contributed by atoms with Crippen LogP contribution < -0.4 is 0 Å². The van der Waals surface area contributed by atoms with Crippen molar-refractivity contribution >= 4 is 0 Å². The van der Waals surface area contributed by atoms with Gasteiger partial charge < -0.3 is 0 Å². The Morgan fingerprint density at radius 1 is 1.00 bits per heavy atom. The van der Waals surface area contributed by atoms with Gasteiger partial charge in [0.15, 0.2) is 0 Å². The Morgan fingerprint density at radius 2 is 1.52 bits per heavy atom. The van der Waals surface area contributed by atoms with Gasteiger partial charge in [0.05, 0.1) is 0 Å². The Balaban J connectivity index is 1.42. The third kappa shape index (κ3) is 2.50. The summed E-state index contributed by atoms with van der Waals surface area (Å²) in [6.45, 7) is 7.98. The van der Waals surface area contributed by atoms with Gasteiger partial charge in [-0.3, -0.25) is 4.90 Å². The van der Waals surface area contributed by atoms with Crippen LogP contribution in [0.3, 0.4) is 0 Å². The van der Waals surface area contributed by atoms with E-state index in [9.17, 15) is 0 Å². The molecular formula is C18H27N3. The number of fused-ring (bicyclic) bond motifs is 2. The van der Waals surface area contributed by atoms with Gasteiger partial charge in [0.2, 0.25) is 0 Å². The van der Waals surface area contributed by atoms with E-state index in [1.165, 1.54) is 44.3 Å². The molecule has 21 heavy (non-hydrogen) atoms. The van der Waals surface area contributed by atoms with Gasteiger partial charge in [0, 0.05) is 43.5 Å². The van der Waals surface area contributed by atoms with E-state index >= 15 is 0 Å². The molecule has 0 aromatic carbocycles. The third-order valence-corrected chi connectivity index (χ3v) is 6.16. The van der Waals surface area contributed by atoms with E-state index in [4.69, 9.17) is 0 Å². The number of nitrogens with zero attached hydrogens (tertiary/aromatic N) is 3. The molecule has 4 aliphatic rings. The van der Waals surface area contributed by atoms with Gasteiger partial charge in [0.25, 0.3) is 0 Å². The van der Waals surface area contributed by atoms with Gasteiger partial charge in [0.1, 0.15) is 5.82 Å². The second-order valence-electron chi connectivity index (χ2n) is 7.80. The minimum Gasteiger partial charge on any atom is -0.298 e. The molecule has 3 aliphatic carbocycles. The molecule has 1 aromatic heterocycles. The van der Waals surface area contributed by atoms with Crippen molar-refractivity contribution < 1.29 is 0 Å². The quantitative estimate of drug-likeness (QED) is 0.851. The van der Waals surface area contributed by atoms with Crippen molar-refractivity contribution in [3.63, 3.8) is 0 Å². The summed E-state index contributed by atoms with van der Waals surface area (Å²) in [6.07, 6.45) is 10.1. The summed E-state index contributed by atoms with van der Waals surface area (Å²) >= 11 is 0.